The van der Waals surface area contributed by atoms with Crippen molar-refractivity contribution in [1.82, 2.24) is 19.6 Å². The lowest BCUT2D eigenvalue weighted by Gasteiger charge is -2.38. The molecule has 20 heteroatoms. The number of hydrogen-bond acceptors (Lipinski definition) is 16. The summed E-state index contributed by atoms with van der Waals surface area (Å²) in [4.78, 5) is 88.4. The van der Waals surface area contributed by atoms with E-state index in [1.165, 1.54) is 72.3 Å². The molecule has 2 heterocycles. The summed E-state index contributed by atoms with van der Waals surface area (Å²) >= 11 is 0. The molecule has 2 aliphatic rings. The summed E-state index contributed by atoms with van der Waals surface area (Å²) < 4.78 is 32.4. The van der Waals surface area contributed by atoms with E-state index in [4.69, 9.17) is 28.4 Å². The third kappa shape index (κ3) is 10.9. The van der Waals surface area contributed by atoms with Gasteiger partial charge in [0.05, 0.1) is 50.9 Å². The van der Waals surface area contributed by atoms with Crippen LogP contribution in [0.1, 0.15) is 31.8 Å². The van der Waals surface area contributed by atoms with Gasteiger partial charge >= 0.3 is 11.9 Å². The number of amides is 4. The lowest BCUT2D eigenvalue weighted by molar-refractivity contribution is -0.188. The van der Waals surface area contributed by atoms with Gasteiger partial charge in [-0.3, -0.25) is 29.0 Å². The van der Waals surface area contributed by atoms with Crippen molar-refractivity contribution >= 4 is 46.9 Å². The Balaban J connectivity index is 1.20. The van der Waals surface area contributed by atoms with Crippen LogP contribution in [-0.2, 0) is 28.7 Å². The molecular weight excluding hydrogens is 857 g/mol. The van der Waals surface area contributed by atoms with Gasteiger partial charge in [-0.05, 0) is 60.7 Å². The minimum Gasteiger partial charge on any atom is -0.493 e. The van der Waals surface area contributed by atoms with E-state index in [1.807, 2.05) is 12.1 Å². The van der Waals surface area contributed by atoms with Crippen molar-refractivity contribution in [2.24, 2.45) is 0 Å². The number of anilines is 2. The smallest absolute Gasteiger partial charge is 0.419 e. The summed E-state index contributed by atoms with van der Waals surface area (Å²) in [6.07, 6.45) is -3.56. The first kappa shape index (κ1) is 47.3. The molecule has 4 aromatic carbocycles. The van der Waals surface area contributed by atoms with E-state index in [9.17, 15) is 39.3 Å². The number of nitrogens with zero attached hydrogens (tertiary/aromatic N) is 6. The van der Waals surface area contributed by atoms with Gasteiger partial charge in [0.2, 0.25) is 12.5 Å². The molecule has 0 spiro atoms. The highest BCUT2D eigenvalue weighted by molar-refractivity contribution is 6.30. The van der Waals surface area contributed by atoms with Crippen molar-refractivity contribution in [1.29, 1.82) is 10.5 Å². The van der Waals surface area contributed by atoms with E-state index >= 15 is 0 Å². The van der Waals surface area contributed by atoms with Crippen LogP contribution < -0.4 is 29.6 Å². The number of nitrogens with one attached hydrogen (secondary N) is 2. The molecule has 0 aromatic heterocycles. The fourth-order valence-corrected chi connectivity index (χ4v) is 7.28. The predicted octanol–water partition coefficient (Wildman–Crippen LogP) is 2.70. The minimum absolute atomic E-state index is 0.00498. The molecule has 2 N–H and O–H groups in total. The summed E-state index contributed by atoms with van der Waals surface area (Å²) in [6.45, 7) is 0.260. The van der Waals surface area contributed by atoms with Gasteiger partial charge in [0.15, 0.2) is 23.0 Å². The monoisotopic (exact) mass is 902 g/mol. The fourth-order valence-electron chi connectivity index (χ4n) is 7.28. The molecule has 66 heavy (non-hydrogen) atoms. The molecule has 4 amide bonds. The van der Waals surface area contributed by atoms with Gasteiger partial charge in [-0.1, -0.05) is 24.3 Å². The quantitative estimate of drug-likeness (QED) is 0.137. The fraction of sp³-hybridized carbons (Fsp3) is 0.304. The largest absolute Gasteiger partial charge is 0.493 e. The van der Waals surface area contributed by atoms with E-state index in [1.54, 1.807) is 60.7 Å². The maximum Gasteiger partial charge on any atom is 0.419 e. The number of methoxy groups -OCH3 is 4. The van der Waals surface area contributed by atoms with E-state index in [-0.39, 0.29) is 86.7 Å². The number of para-hydroxylation sites is 2. The molecule has 2 aliphatic heterocycles. The molecule has 0 saturated carbocycles. The molecule has 2 atom stereocenters. The molecule has 0 aliphatic carbocycles. The Labute approximate surface area is 379 Å². The van der Waals surface area contributed by atoms with Crippen molar-refractivity contribution in [2.75, 3.05) is 91.4 Å². The summed E-state index contributed by atoms with van der Waals surface area (Å²) in [6, 6.07) is 25.6. The van der Waals surface area contributed by atoms with Gasteiger partial charge in [0, 0.05) is 63.5 Å². The van der Waals surface area contributed by atoms with E-state index in [0.29, 0.717) is 34.1 Å². The van der Waals surface area contributed by atoms with Crippen LogP contribution in [0.15, 0.2) is 84.9 Å². The number of nitriles is 2. The van der Waals surface area contributed by atoms with Gasteiger partial charge in [0.25, 0.3) is 23.6 Å². The second-order valence-corrected chi connectivity index (χ2v) is 14.6. The van der Waals surface area contributed by atoms with Crippen molar-refractivity contribution < 1.29 is 57.2 Å². The summed E-state index contributed by atoms with van der Waals surface area (Å²) in [5, 5.41) is 24.5. The summed E-state index contributed by atoms with van der Waals surface area (Å²) in [5.74, 6) is -4.22. The Morgan fingerprint density at radius 2 is 0.848 bits per heavy atom. The Kier molecular flexibility index (Phi) is 15.7. The van der Waals surface area contributed by atoms with Crippen LogP contribution in [0.2, 0.25) is 0 Å². The van der Waals surface area contributed by atoms with Gasteiger partial charge in [-0.15, -0.1) is 0 Å². The molecule has 2 saturated heterocycles. The zero-order valence-corrected chi connectivity index (χ0v) is 36.5. The molecule has 4 aromatic rings. The third-order valence-corrected chi connectivity index (χ3v) is 10.8. The molecule has 6 rings (SSSR count). The average Bonchev–Trinajstić information content (AvgIpc) is 3.36. The lowest BCUT2D eigenvalue weighted by Crippen LogP contribution is -2.58. The molecule has 2 fully saturated rings. The number of carbonyl (C=O) groups excluding carboxylic acids is 6. The third-order valence-electron chi connectivity index (χ3n) is 10.8. The van der Waals surface area contributed by atoms with Crippen molar-refractivity contribution in [3.63, 3.8) is 0 Å². The number of piperazine rings is 2. The zero-order chi connectivity index (χ0) is 47.3. The Morgan fingerprint density at radius 1 is 0.500 bits per heavy atom. The molecule has 342 valence electrons. The number of esters is 2. The first-order valence-corrected chi connectivity index (χ1v) is 20.5. The maximum atomic E-state index is 14.0. The van der Waals surface area contributed by atoms with Gasteiger partial charge in [-0.2, -0.15) is 10.5 Å². The SMILES string of the molecule is COc1ccc(C(=O)N2CCN(C(OC(=O)C(=O)OC(C(=O)Nc3ccccc3C#N)N3CCN(C(=O)c4ccc(OC)c(OC)c4)CC3)C(=O)Nc3ccccc3C#N)CC2)cc1OC. The van der Waals surface area contributed by atoms with Crippen LogP contribution in [0, 0.1) is 22.7 Å². The minimum atomic E-state index is -1.78. The van der Waals surface area contributed by atoms with Crippen LogP contribution >= 0.6 is 0 Å². The maximum absolute atomic E-state index is 14.0. The van der Waals surface area contributed by atoms with Gasteiger partial charge in [-0.25, -0.2) is 9.59 Å². The van der Waals surface area contributed by atoms with Crippen LogP contribution in [0.3, 0.4) is 0 Å². The molecule has 0 radical (unpaired) electrons. The lowest BCUT2D eigenvalue weighted by atomic mass is 10.1. The molecule has 20 nitrogen and oxygen atoms in total. The zero-order valence-electron chi connectivity index (χ0n) is 36.5. The molecule has 0 bridgehead atoms. The number of hydrogen-bond donors (Lipinski definition) is 2. The standard InChI is InChI=1S/C46H46N8O12/c1-61-35-15-13-29(25-37(35)63-3)41(57)51-17-21-53(22-18-51)43(39(55)49-33-11-7-5-9-31(33)27-47)65-45(59)46(60)66-44(40(56)50-34-12-8-6-10-32(34)28-48)54-23-19-52(20-24-54)42(58)30-14-16-36(62-2)38(26-30)64-4/h5-16,25-26,43-44H,17-24H2,1-4H3,(H,49,55)(H,50,56). The number of carbonyl (C=O) groups is 6. The van der Waals surface area contributed by atoms with Crippen molar-refractivity contribution in [3.05, 3.63) is 107 Å². The highest BCUT2D eigenvalue weighted by Crippen LogP contribution is 2.30. The second-order valence-electron chi connectivity index (χ2n) is 14.6. The van der Waals surface area contributed by atoms with Crippen molar-refractivity contribution in [2.45, 2.75) is 12.5 Å². The normalized spacial score (nSPS) is 14.8. The molecular formula is C46H46N8O12. The summed E-state index contributed by atoms with van der Waals surface area (Å²) in [7, 11) is 5.84. The van der Waals surface area contributed by atoms with Crippen LogP contribution in [-0.4, -0.2) is 148 Å². The number of benzene rings is 4. The van der Waals surface area contributed by atoms with Crippen LogP contribution in [0.4, 0.5) is 11.4 Å². The molecule has 2 unspecified atom stereocenters. The highest BCUT2D eigenvalue weighted by atomic mass is 16.6. The van der Waals surface area contributed by atoms with Crippen LogP contribution in [0.5, 0.6) is 23.0 Å². The van der Waals surface area contributed by atoms with E-state index in [2.05, 4.69) is 10.6 Å². The number of rotatable bonds is 14. The summed E-state index contributed by atoms with van der Waals surface area (Å²) in [5.41, 5.74) is 1.07. The second kappa shape index (κ2) is 21.9. The predicted molar refractivity (Wildman–Crippen MR) is 233 cm³/mol. The Morgan fingerprint density at radius 3 is 1.18 bits per heavy atom. The van der Waals surface area contributed by atoms with Crippen LogP contribution in [0.25, 0.3) is 0 Å². The number of ether oxygens (including phenoxy) is 6. The van der Waals surface area contributed by atoms with Gasteiger partial charge < -0.3 is 48.9 Å². The highest BCUT2D eigenvalue weighted by Gasteiger charge is 2.40. The first-order valence-electron chi connectivity index (χ1n) is 20.5. The van der Waals surface area contributed by atoms with E-state index < -0.39 is 36.2 Å². The average molecular weight is 903 g/mol. The first-order chi connectivity index (χ1) is 31.9. The van der Waals surface area contributed by atoms with Crippen molar-refractivity contribution in [3.8, 4) is 35.1 Å². The Bertz CT molecular complexity index is 2380. The van der Waals surface area contributed by atoms with E-state index in [0.717, 1.165) is 0 Å². The Hall–Kier alpha value is -8.20. The van der Waals surface area contributed by atoms with Gasteiger partial charge in [0.1, 0.15) is 12.1 Å². The topological polar surface area (TPSA) is 242 Å².